The summed E-state index contributed by atoms with van der Waals surface area (Å²) in [5.74, 6) is -0.132. The molecule has 0 unspecified atom stereocenters. The van der Waals surface area contributed by atoms with Gasteiger partial charge in [-0.05, 0) is 52.8 Å². The van der Waals surface area contributed by atoms with E-state index in [2.05, 4.69) is 28.6 Å². The van der Waals surface area contributed by atoms with E-state index in [9.17, 15) is 14.9 Å². The minimum absolute atomic E-state index is 0.0326. The van der Waals surface area contributed by atoms with E-state index >= 15 is 0 Å². The van der Waals surface area contributed by atoms with Crippen LogP contribution in [0.4, 0.5) is 5.69 Å². The summed E-state index contributed by atoms with van der Waals surface area (Å²) in [6.07, 6.45) is -0.746. The van der Waals surface area contributed by atoms with Crippen LogP contribution in [0.2, 0.25) is 0 Å². The van der Waals surface area contributed by atoms with E-state index in [0.29, 0.717) is 11.1 Å². The van der Waals surface area contributed by atoms with Crippen molar-refractivity contribution in [3.05, 3.63) is 63.3 Å². The van der Waals surface area contributed by atoms with Crippen molar-refractivity contribution in [1.82, 2.24) is 14.8 Å². The van der Waals surface area contributed by atoms with Crippen molar-refractivity contribution in [1.29, 1.82) is 0 Å². The molecule has 3 rings (SSSR count). The van der Waals surface area contributed by atoms with Crippen LogP contribution in [0.1, 0.15) is 60.6 Å². The summed E-state index contributed by atoms with van der Waals surface area (Å²) >= 11 is 0. The molecule has 152 valence electrons. The van der Waals surface area contributed by atoms with Gasteiger partial charge in [0, 0.05) is 35.1 Å². The number of esters is 1. The number of non-ortho nitro benzene ring substituents is 1. The monoisotopic (exact) mass is 398 g/mol. The van der Waals surface area contributed by atoms with Gasteiger partial charge < -0.3 is 13.7 Å². The topological polar surface area (TPSA) is 113 Å². The smallest absolute Gasteiger partial charge is 0.340 e. The number of nitro groups is 1. The van der Waals surface area contributed by atoms with Crippen LogP contribution in [0.15, 0.2) is 34.7 Å². The minimum Gasteiger partial charge on any atom is -0.449 e. The van der Waals surface area contributed by atoms with Crippen molar-refractivity contribution in [2.24, 2.45) is 0 Å². The normalized spacial score (nSPS) is 12.2. The molecule has 9 heteroatoms. The molecule has 0 N–H and O–H groups in total. The molecule has 3 aromatic rings. The molecule has 1 atom stereocenters. The molecule has 0 bridgehead atoms. The maximum Gasteiger partial charge on any atom is 0.340 e. The van der Waals surface area contributed by atoms with Crippen LogP contribution in [0.25, 0.3) is 11.5 Å². The average molecular weight is 398 g/mol. The molecule has 2 heterocycles. The fourth-order valence-electron chi connectivity index (χ4n) is 3.29. The van der Waals surface area contributed by atoms with Gasteiger partial charge >= 0.3 is 5.97 Å². The molecule has 2 aromatic heterocycles. The number of hydrogen-bond donors (Lipinski definition) is 0. The van der Waals surface area contributed by atoms with Gasteiger partial charge in [-0.2, -0.15) is 0 Å². The predicted molar refractivity (Wildman–Crippen MR) is 105 cm³/mol. The molecule has 0 fully saturated rings. The number of rotatable bonds is 6. The second kappa shape index (κ2) is 7.86. The van der Waals surface area contributed by atoms with E-state index in [4.69, 9.17) is 9.15 Å². The molecule has 0 amide bonds. The van der Waals surface area contributed by atoms with Crippen molar-refractivity contribution in [2.45, 2.75) is 46.8 Å². The van der Waals surface area contributed by atoms with Crippen LogP contribution >= 0.6 is 0 Å². The van der Waals surface area contributed by atoms with Gasteiger partial charge in [0.2, 0.25) is 5.89 Å². The highest BCUT2D eigenvalue weighted by Gasteiger charge is 2.23. The van der Waals surface area contributed by atoms with Gasteiger partial charge in [0.1, 0.15) is 0 Å². The minimum atomic E-state index is -0.746. The van der Waals surface area contributed by atoms with Crippen molar-refractivity contribution >= 4 is 11.7 Å². The summed E-state index contributed by atoms with van der Waals surface area (Å²) in [4.78, 5) is 22.9. The third kappa shape index (κ3) is 4.03. The largest absolute Gasteiger partial charge is 0.449 e. The van der Waals surface area contributed by atoms with E-state index in [0.717, 1.165) is 11.4 Å². The number of nitro benzene ring substituents is 1. The number of ether oxygens (including phenoxy) is 1. The van der Waals surface area contributed by atoms with Crippen molar-refractivity contribution < 1.29 is 18.9 Å². The van der Waals surface area contributed by atoms with E-state index in [1.807, 2.05) is 13.8 Å². The van der Waals surface area contributed by atoms with Crippen LogP contribution in [0.3, 0.4) is 0 Å². The van der Waals surface area contributed by atoms with Gasteiger partial charge in [-0.25, -0.2) is 4.79 Å². The molecule has 1 aromatic carbocycles. The van der Waals surface area contributed by atoms with E-state index in [1.165, 1.54) is 24.3 Å². The number of benzene rings is 1. The molecule has 0 aliphatic heterocycles. The first kappa shape index (κ1) is 20.2. The van der Waals surface area contributed by atoms with E-state index in [-0.39, 0.29) is 23.5 Å². The molecule has 0 spiro atoms. The average Bonchev–Trinajstić information content (AvgIpc) is 3.26. The molecule has 0 radical (unpaired) electrons. The Morgan fingerprint density at radius 3 is 2.38 bits per heavy atom. The maximum atomic E-state index is 12.6. The Labute approximate surface area is 167 Å². The zero-order valence-electron chi connectivity index (χ0n) is 16.9. The number of aromatic nitrogens is 3. The summed E-state index contributed by atoms with van der Waals surface area (Å²) in [5.41, 5.74) is 2.82. The lowest BCUT2D eigenvalue weighted by Gasteiger charge is -2.14. The van der Waals surface area contributed by atoms with Gasteiger partial charge in [0.25, 0.3) is 11.6 Å². The quantitative estimate of drug-likeness (QED) is 0.340. The molecule has 0 saturated carbocycles. The van der Waals surface area contributed by atoms with Crippen molar-refractivity contribution in [3.8, 4) is 11.5 Å². The highest BCUT2D eigenvalue weighted by molar-refractivity contribution is 5.91. The second-order valence-corrected chi connectivity index (χ2v) is 7.05. The number of nitrogens with zero attached hydrogens (tertiary/aromatic N) is 4. The van der Waals surface area contributed by atoms with Crippen LogP contribution in [-0.2, 0) is 4.74 Å². The van der Waals surface area contributed by atoms with Crippen molar-refractivity contribution in [3.63, 3.8) is 0 Å². The third-order valence-electron chi connectivity index (χ3n) is 4.62. The lowest BCUT2D eigenvalue weighted by atomic mass is 10.2. The fourth-order valence-corrected chi connectivity index (χ4v) is 3.29. The van der Waals surface area contributed by atoms with Crippen LogP contribution in [-0.4, -0.2) is 25.7 Å². The first-order valence-electron chi connectivity index (χ1n) is 9.16. The zero-order valence-corrected chi connectivity index (χ0v) is 16.9. The first-order chi connectivity index (χ1) is 13.7. The maximum absolute atomic E-state index is 12.6. The number of carbonyl (C=O) groups is 1. The summed E-state index contributed by atoms with van der Waals surface area (Å²) < 4.78 is 13.2. The predicted octanol–water partition coefficient (Wildman–Crippen LogP) is 4.56. The van der Waals surface area contributed by atoms with Gasteiger partial charge in [-0.1, -0.05) is 0 Å². The Morgan fingerprint density at radius 2 is 1.83 bits per heavy atom. The SMILES string of the molecule is Cc1cc(C(=O)O[C@H](C)c2nnc(-c3ccc([N+](=O)[O-])cc3)o2)c(C)n1C(C)C. The Balaban J connectivity index is 1.75. The number of aryl methyl sites for hydroxylation is 1. The van der Waals surface area contributed by atoms with E-state index < -0.39 is 17.0 Å². The van der Waals surface area contributed by atoms with Gasteiger partial charge in [0.05, 0.1) is 10.5 Å². The summed E-state index contributed by atoms with van der Waals surface area (Å²) in [5, 5.41) is 18.6. The molecule has 9 nitrogen and oxygen atoms in total. The molecule has 0 aliphatic carbocycles. The Bertz CT molecular complexity index is 1050. The molecule has 0 aliphatic rings. The molecular formula is C20H22N4O5. The van der Waals surface area contributed by atoms with Crippen LogP contribution < -0.4 is 0 Å². The van der Waals surface area contributed by atoms with Crippen LogP contribution in [0, 0.1) is 24.0 Å². The van der Waals surface area contributed by atoms with Crippen molar-refractivity contribution in [2.75, 3.05) is 0 Å². The Morgan fingerprint density at radius 1 is 1.17 bits per heavy atom. The lowest BCUT2D eigenvalue weighted by molar-refractivity contribution is -0.384. The van der Waals surface area contributed by atoms with Gasteiger partial charge in [0.15, 0.2) is 6.10 Å². The first-order valence-corrected chi connectivity index (χ1v) is 9.16. The Hall–Kier alpha value is -3.49. The number of hydrogen-bond acceptors (Lipinski definition) is 7. The van der Waals surface area contributed by atoms with Gasteiger partial charge in [-0.3, -0.25) is 10.1 Å². The molecule has 29 heavy (non-hydrogen) atoms. The summed E-state index contributed by atoms with van der Waals surface area (Å²) in [6.45, 7) is 9.58. The second-order valence-electron chi connectivity index (χ2n) is 7.05. The summed E-state index contributed by atoms with van der Waals surface area (Å²) in [7, 11) is 0. The number of carbonyl (C=O) groups excluding carboxylic acids is 1. The lowest BCUT2D eigenvalue weighted by Crippen LogP contribution is -2.11. The summed E-state index contributed by atoms with van der Waals surface area (Å²) in [6, 6.07) is 7.79. The Kier molecular flexibility index (Phi) is 5.49. The fraction of sp³-hybridized carbons (Fsp3) is 0.350. The third-order valence-corrected chi connectivity index (χ3v) is 4.62. The molecular weight excluding hydrogens is 376 g/mol. The molecule has 0 saturated heterocycles. The standard InChI is InChI=1S/C20H22N4O5/c1-11(2)23-12(3)10-17(13(23)4)20(25)28-14(5)18-21-22-19(29-18)15-6-8-16(9-7-15)24(26)27/h6-11,14H,1-5H3/t14-/m1/s1. The zero-order chi connectivity index (χ0) is 21.3. The highest BCUT2D eigenvalue weighted by atomic mass is 16.6. The van der Waals surface area contributed by atoms with Gasteiger partial charge in [-0.15, -0.1) is 10.2 Å². The van der Waals surface area contributed by atoms with E-state index in [1.54, 1.807) is 13.0 Å². The highest BCUT2D eigenvalue weighted by Crippen LogP contribution is 2.26. The van der Waals surface area contributed by atoms with Crippen LogP contribution in [0.5, 0.6) is 0 Å².